The Morgan fingerprint density at radius 3 is 2.94 bits per heavy atom. The molecule has 1 heterocycles. The lowest BCUT2D eigenvalue weighted by molar-refractivity contribution is 0.419. The third-order valence-corrected chi connectivity index (χ3v) is 3.83. The molecule has 0 saturated heterocycles. The van der Waals surface area contributed by atoms with Crippen LogP contribution in [0, 0.1) is 0 Å². The van der Waals surface area contributed by atoms with Crippen LogP contribution < -0.4 is 4.74 Å². The van der Waals surface area contributed by atoms with Crippen LogP contribution in [0.25, 0.3) is 11.0 Å². The Labute approximate surface area is 116 Å². The Bertz CT molecular complexity index is 527. The van der Waals surface area contributed by atoms with Crippen molar-refractivity contribution in [1.29, 1.82) is 0 Å². The van der Waals surface area contributed by atoms with Gasteiger partial charge in [-0.3, -0.25) is 0 Å². The van der Waals surface area contributed by atoms with E-state index >= 15 is 0 Å². The Morgan fingerprint density at radius 1 is 1.44 bits per heavy atom. The molecule has 98 valence electrons. The Morgan fingerprint density at radius 2 is 2.28 bits per heavy atom. The number of alkyl halides is 1. The van der Waals surface area contributed by atoms with Crippen molar-refractivity contribution in [3.05, 3.63) is 24.0 Å². The number of para-hydroxylation sites is 1. The standard InChI is InChI=1S/C13H17ClN2OS/c1-17-11-6-3-5-10-13(11)15-12(9-14)16(10)7-4-8-18-2/h3,5-6H,4,7-9H2,1-2H3. The van der Waals surface area contributed by atoms with E-state index < -0.39 is 0 Å². The number of fused-ring (bicyclic) bond motifs is 1. The summed E-state index contributed by atoms with van der Waals surface area (Å²) in [5.41, 5.74) is 2.01. The van der Waals surface area contributed by atoms with Crippen molar-refractivity contribution in [3.63, 3.8) is 0 Å². The lowest BCUT2D eigenvalue weighted by Crippen LogP contribution is -2.03. The smallest absolute Gasteiger partial charge is 0.146 e. The molecule has 0 aliphatic heterocycles. The molecule has 0 aliphatic rings. The van der Waals surface area contributed by atoms with Gasteiger partial charge in [0.1, 0.15) is 17.1 Å². The van der Waals surface area contributed by atoms with E-state index in [0.717, 1.165) is 41.3 Å². The van der Waals surface area contributed by atoms with Crippen molar-refractivity contribution in [2.75, 3.05) is 19.1 Å². The average Bonchev–Trinajstić information content (AvgIpc) is 2.77. The van der Waals surface area contributed by atoms with E-state index in [1.54, 1.807) is 7.11 Å². The fourth-order valence-corrected chi connectivity index (χ4v) is 2.67. The Balaban J connectivity index is 2.42. The highest BCUT2D eigenvalue weighted by molar-refractivity contribution is 7.98. The lowest BCUT2D eigenvalue weighted by atomic mass is 10.3. The number of hydrogen-bond acceptors (Lipinski definition) is 3. The highest BCUT2D eigenvalue weighted by Gasteiger charge is 2.12. The topological polar surface area (TPSA) is 27.1 Å². The molecule has 0 fully saturated rings. The number of hydrogen-bond donors (Lipinski definition) is 0. The summed E-state index contributed by atoms with van der Waals surface area (Å²) < 4.78 is 7.54. The Hall–Kier alpha value is -0.870. The molecule has 0 N–H and O–H groups in total. The lowest BCUT2D eigenvalue weighted by Gasteiger charge is -2.07. The second kappa shape index (κ2) is 6.34. The predicted molar refractivity (Wildman–Crippen MR) is 78.8 cm³/mol. The van der Waals surface area contributed by atoms with Crippen LogP contribution in [0.2, 0.25) is 0 Å². The van der Waals surface area contributed by atoms with E-state index in [9.17, 15) is 0 Å². The summed E-state index contributed by atoms with van der Waals surface area (Å²) in [5.74, 6) is 3.29. The van der Waals surface area contributed by atoms with Crippen molar-refractivity contribution in [1.82, 2.24) is 9.55 Å². The van der Waals surface area contributed by atoms with Gasteiger partial charge in [0.05, 0.1) is 18.5 Å². The molecular weight excluding hydrogens is 268 g/mol. The predicted octanol–water partition coefficient (Wildman–Crippen LogP) is 3.54. The maximum absolute atomic E-state index is 5.98. The average molecular weight is 285 g/mol. The zero-order valence-electron chi connectivity index (χ0n) is 10.6. The van der Waals surface area contributed by atoms with Crippen LogP contribution in [0.3, 0.4) is 0 Å². The highest BCUT2D eigenvalue weighted by Crippen LogP contribution is 2.26. The second-order valence-corrected chi connectivity index (χ2v) is 5.24. The minimum Gasteiger partial charge on any atom is -0.494 e. The third-order valence-electron chi connectivity index (χ3n) is 2.89. The van der Waals surface area contributed by atoms with Gasteiger partial charge >= 0.3 is 0 Å². The number of aromatic nitrogens is 2. The largest absolute Gasteiger partial charge is 0.494 e. The second-order valence-electron chi connectivity index (χ2n) is 3.99. The number of halogens is 1. The van der Waals surface area contributed by atoms with Gasteiger partial charge in [-0.1, -0.05) is 6.07 Å². The highest BCUT2D eigenvalue weighted by atomic mass is 35.5. The SMILES string of the molecule is COc1cccc2c1nc(CCl)n2CCCSC. The van der Waals surface area contributed by atoms with Crippen molar-refractivity contribution >= 4 is 34.4 Å². The van der Waals surface area contributed by atoms with Crippen molar-refractivity contribution in [2.24, 2.45) is 0 Å². The fraction of sp³-hybridized carbons (Fsp3) is 0.462. The first-order chi connectivity index (χ1) is 8.81. The number of nitrogens with zero attached hydrogens (tertiary/aromatic N) is 2. The van der Waals surface area contributed by atoms with Crippen LogP contribution in [0.4, 0.5) is 0 Å². The summed E-state index contributed by atoms with van der Waals surface area (Å²) in [6.07, 6.45) is 3.24. The number of methoxy groups -OCH3 is 1. The molecule has 0 aliphatic carbocycles. The first-order valence-electron chi connectivity index (χ1n) is 5.88. The monoisotopic (exact) mass is 284 g/mol. The van der Waals surface area contributed by atoms with Gasteiger partial charge in [-0.25, -0.2) is 4.98 Å². The maximum Gasteiger partial charge on any atom is 0.146 e. The van der Waals surface area contributed by atoms with Crippen LogP contribution in [0.5, 0.6) is 5.75 Å². The van der Waals surface area contributed by atoms with Crippen LogP contribution >= 0.6 is 23.4 Å². The first-order valence-corrected chi connectivity index (χ1v) is 7.81. The van der Waals surface area contributed by atoms with Crippen molar-refractivity contribution in [2.45, 2.75) is 18.8 Å². The molecule has 18 heavy (non-hydrogen) atoms. The summed E-state index contributed by atoms with van der Waals surface area (Å²) >= 11 is 7.84. The fourth-order valence-electron chi connectivity index (χ4n) is 2.05. The summed E-state index contributed by atoms with van der Waals surface area (Å²) in [6.45, 7) is 0.951. The van der Waals surface area contributed by atoms with Crippen molar-refractivity contribution < 1.29 is 4.74 Å². The van der Waals surface area contributed by atoms with Gasteiger partial charge in [0.25, 0.3) is 0 Å². The van der Waals surface area contributed by atoms with Crippen molar-refractivity contribution in [3.8, 4) is 5.75 Å². The third kappa shape index (κ3) is 2.59. The molecule has 0 atom stereocenters. The summed E-state index contributed by atoms with van der Waals surface area (Å²) in [5, 5.41) is 0. The van der Waals surface area contributed by atoms with E-state index in [1.807, 2.05) is 23.9 Å². The quantitative estimate of drug-likeness (QED) is 0.600. The zero-order chi connectivity index (χ0) is 13.0. The molecule has 3 nitrogen and oxygen atoms in total. The molecular formula is C13H17ClN2OS. The number of imidazole rings is 1. The van der Waals surface area contributed by atoms with Crippen LogP contribution in [0.15, 0.2) is 18.2 Å². The van der Waals surface area contributed by atoms with Gasteiger partial charge < -0.3 is 9.30 Å². The minimum absolute atomic E-state index is 0.428. The molecule has 0 radical (unpaired) electrons. The maximum atomic E-state index is 5.98. The number of ether oxygens (including phenoxy) is 1. The zero-order valence-corrected chi connectivity index (χ0v) is 12.2. The van der Waals surface area contributed by atoms with Crippen LogP contribution in [-0.2, 0) is 12.4 Å². The normalized spacial score (nSPS) is 11.1. The first kappa shape index (κ1) is 13.6. The molecule has 5 heteroatoms. The molecule has 2 rings (SSSR count). The van der Waals surface area contributed by atoms with Gasteiger partial charge in [-0.15, -0.1) is 11.6 Å². The Kier molecular flexibility index (Phi) is 4.78. The summed E-state index contributed by atoms with van der Waals surface area (Å²) in [4.78, 5) is 4.58. The van der Waals surface area contributed by atoms with E-state index in [4.69, 9.17) is 16.3 Å². The summed E-state index contributed by atoms with van der Waals surface area (Å²) in [7, 11) is 1.67. The molecule has 1 aromatic carbocycles. The number of aryl methyl sites for hydroxylation is 1. The van der Waals surface area contributed by atoms with E-state index in [2.05, 4.69) is 21.9 Å². The van der Waals surface area contributed by atoms with E-state index in [0.29, 0.717) is 5.88 Å². The molecule has 0 unspecified atom stereocenters. The van der Waals surface area contributed by atoms with Gasteiger partial charge in [0, 0.05) is 6.54 Å². The number of thioether (sulfide) groups is 1. The van der Waals surface area contributed by atoms with Gasteiger partial charge in [-0.2, -0.15) is 11.8 Å². The van der Waals surface area contributed by atoms with Gasteiger partial charge in [-0.05, 0) is 30.6 Å². The molecule has 0 spiro atoms. The van der Waals surface area contributed by atoms with E-state index in [1.165, 1.54) is 0 Å². The summed E-state index contributed by atoms with van der Waals surface area (Å²) in [6, 6.07) is 5.99. The molecule has 1 aromatic heterocycles. The minimum atomic E-state index is 0.428. The van der Waals surface area contributed by atoms with Crippen LogP contribution in [-0.4, -0.2) is 28.7 Å². The molecule has 0 bridgehead atoms. The van der Waals surface area contributed by atoms with Crippen LogP contribution in [0.1, 0.15) is 12.2 Å². The number of rotatable bonds is 6. The molecule has 0 saturated carbocycles. The molecule has 2 aromatic rings. The number of benzene rings is 1. The van der Waals surface area contributed by atoms with E-state index in [-0.39, 0.29) is 0 Å². The van der Waals surface area contributed by atoms with Gasteiger partial charge in [0.2, 0.25) is 0 Å². The molecule has 0 amide bonds. The van der Waals surface area contributed by atoms with Gasteiger partial charge in [0.15, 0.2) is 0 Å².